The average molecular weight is 554 g/mol. The smallest absolute Gasteiger partial charge is 0.330 e. The molecule has 0 bridgehead atoms. The number of anilines is 2. The topological polar surface area (TPSA) is 133 Å². The number of carbonyl (C=O) groups is 2. The number of carbonyl (C=O) groups excluding carboxylic acids is 2. The van der Waals surface area contributed by atoms with Crippen molar-refractivity contribution in [1.29, 1.82) is 0 Å². The number of sulfonamides is 1. The van der Waals surface area contributed by atoms with Gasteiger partial charge in [-0.15, -0.1) is 0 Å². The first-order chi connectivity index (χ1) is 17.8. The average Bonchev–Trinajstić information content (AvgIpc) is 3.27. The molecule has 38 heavy (non-hydrogen) atoms. The Morgan fingerprint density at radius 1 is 1.18 bits per heavy atom. The second-order valence-electron chi connectivity index (χ2n) is 8.78. The molecule has 2 heterocycles. The molecular weight excluding hydrogens is 530 g/mol. The van der Waals surface area contributed by atoms with Crippen molar-refractivity contribution in [1.82, 2.24) is 15.5 Å². The van der Waals surface area contributed by atoms with Gasteiger partial charge in [-0.2, -0.15) is 18.3 Å². The highest BCUT2D eigenvalue weighted by atomic mass is 32.2. The fourth-order valence-electron chi connectivity index (χ4n) is 4.26. The van der Waals surface area contributed by atoms with Crippen molar-refractivity contribution in [3.63, 3.8) is 0 Å². The van der Waals surface area contributed by atoms with Gasteiger partial charge >= 0.3 is 6.18 Å². The van der Waals surface area contributed by atoms with E-state index in [0.29, 0.717) is 22.2 Å². The molecule has 0 radical (unpaired) electrons. The number of fused-ring (bicyclic) bond motifs is 1. The van der Waals surface area contributed by atoms with E-state index in [9.17, 15) is 35.6 Å². The van der Waals surface area contributed by atoms with Crippen molar-refractivity contribution in [2.24, 2.45) is 0 Å². The summed E-state index contributed by atoms with van der Waals surface area (Å²) in [5.74, 6) is -3.04. The minimum Gasteiger partial charge on any atom is -0.330 e. The molecule has 1 atom stereocenters. The number of alkyl halides is 3. The molecule has 0 saturated carbocycles. The lowest BCUT2D eigenvalue weighted by Gasteiger charge is -2.28. The lowest BCUT2D eigenvalue weighted by Crippen LogP contribution is -2.32. The van der Waals surface area contributed by atoms with Gasteiger partial charge in [0.05, 0.1) is 40.8 Å². The zero-order chi connectivity index (χ0) is 27.8. The Bertz CT molecular complexity index is 1560. The van der Waals surface area contributed by atoms with E-state index in [2.05, 4.69) is 20.8 Å². The maximum Gasteiger partial charge on any atom is 0.418 e. The number of aromatic nitrogens is 2. The van der Waals surface area contributed by atoms with Crippen molar-refractivity contribution in [3.8, 4) is 0 Å². The first-order valence-corrected chi connectivity index (χ1v) is 13.1. The van der Waals surface area contributed by atoms with Gasteiger partial charge in [0.15, 0.2) is 0 Å². The minimum absolute atomic E-state index is 0.0932. The van der Waals surface area contributed by atoms with Crippen LogP contribution in [0.5, 0.6) is 0 Å². The van der Waals surface area contributed by atoms with E-state index in [4.69, 9.17) is 0 Å². The van der Waals surface area contributed by atoms with Crippen LogP contribution in [0.25, 0.3) is 10.9 Å². The molecule has 3 aromatic rings. The third kappa shape index (κ3) is 5.79. The predicted octanol–water partition coefficient (Wildman–Crippen LogP) is 4.39. The van der Waals surface area contributed by atoms with Gasteiger partial charge in [0, 0.05) is 29.5 Å². The highest BCUT2D eigenvalue weighted by molar-refractivity contribution is 7.92. The molecule has 1 unspecified atom stereocenters. The number of halogens is 4. The number of nitrogens with zero attached hydrogens (tertiary/aromatic N) is 1. The Labute approximate surface area is 214 Å². The van der Waals surface area contributed by atoms with E-state index in [1.54, 1.807) is 0 Å². The largest absolute Gasteiger partial charge is 0.418 e. The molecule has 2 amide bonds. The van der Waals surface area contributed by atoms with Crippen molar-refractivity contribution in [3.05, 3.63) is 64.7 Å². The summed E-state index contributed by atoms with van der Waals surface area (Å²) >= 11 is 0. The van der Waals surface area contributed by atoms with Gasteiger partial charge < -0.3 is 10.6 Å². The van der Waals surface area contributed by atoms with Gasteiger partial charge in [0.1, 0.15) is 5.82 Å². The van der Waals surface area contributed by atoms with Crippen LogP contribution in [0.2, 0.25) is 0 Å². The van der Waals surface area contributed by atoms with Crippen LogP contribution in [0.1, 0.15) is 43.7 Å². The molecule has 9 nitrogen and oxygen atoms in total. The number of rotatable bonds is 7. The van der Waals surface area contributed by atoms with Gasteiger partial charge in [-0.1, -0.05) is 6.07 Å². The molecule has 0 saturated heterocycles. The summed E-state index contributed by atoms with van der Waals surface area (Å²) < 4.78 is 81.4. The van der Waals surface area contributed by atoms with E-state index >= 15 is 0 Å². The van der Waals surface area contributed by atoms with Crippen LogP contribution in [0.4, 0.5) is 28.9 Å². The van der Waals surface area contributed by atoms with Crippen LogP contribution >= 0.6 is 0 Å². The second-order valence-corrected chi connectivity index (χ2v) is 10.8. The molecule has 1 aliphatic heterocycles. The van der Waals surface area contributed by atoms with E-state index in [1.807, 2.05) is 4.72 Å². The molecule has 0 aliphatic carbocycles. The van der Waals surface area contributed by atoms with Crippen molar-refractivity contribution in [2.75, 3.05) is 15.8 Å². The van der Waals surface area contributed by atoms with Gasteiger partial charge in [-0.25, -0.2) is 12.8 Å². The third-order valence-corrected chi connectivity index (χ3v) is 7.46. The second kappa shape index (κ2) is 10.1. The van der Waals surface area contributed by atoms with Gasteiger partial charge in [0.25, 0.3) is 0 Å². The summed E-state index contributed by atoms with van der Waals surface area (Å²) in [6.45, 7) is 2.82. The fourth-order valence-corrected chi connectivity index (χ4v) is 4.91. The number of amides is 2. The molecule has 4 rings (SSSR count). The molecule has 14 heteroatoms. The number of H-pyrrole nitrogens is 1. The molecule has 1 aromatic heterocycles. The van der Waals surface area contributed by atoms with Crippen LogP contribution < -0.4 is 15.4 Å². The highest BCUT2D eigenvalue weighted by Gasteiger charge is 2.36. The third-order valence-electron chi connectivity index (χ3n) is 6.17. The maximum atomic E-state index is 14.5. The lowest BCUT2D eigenvalue weighted by atomic mass is 9.82. The summed E-state index contributed by atoms with van der Waals surface area (Å²) in [4.78, 5) is 25.2. The van der Waals surface area contributed by atoms with Crippen molar-refractivity contribution in [2.45, 2.75) is 38.8 Å². The lowest BCUT2D eigenvalue weighted by molar-refractivity contribution is -0.137. The van der Waals surface area contributed by atoms with Gasteiger partial charge in [-0.3, -0.25) is 19.4 Å². The maximum absolute atomic E-state index is 14.5. The standard InChI is InChI=1S/C24H23F4N5O4S/c1-3-38(36,37)33-20-6-13(4-5-17(20)24(26,27)28)16-9-22(34)30-12(2)15(16)8-23(35)31-21-7-14-11-29-32-19(14)10-18(21)25/h4-7,10-11,16,33H,3,8-9H2,1-2H3,(H,29,32)(H,30,34)(H,31,35). The molecule has 2 aromatic carbocycles. The summed E-state index contributed by atoms with van der Waals surface area (Å²) in [5.41, 5.74) is -0.618. The first kappa shape index (κ1) is 27.1. The van der Waals surface area contributed by atoms with Crippen LogP contribution in [0.15, 0.2) is 47.8 Å². The van der Waals surface area contributed by atoms with Crippen LogP contribution in [-0.4, -0.2) is 36.2 Å². The number of hydrogen-bond donors (Lipinski definition) is 4. The van der Waals surface area contributed by atoms with Crippen molar-refractivity contribution < 1.29 is 35.6 Å². The molecule has 202 valence electrons. The van der Waals surface area contributed by atoms with E-state index in [1.165, 1.54) is 32.2 Å². The van der Waals surface area contributed by atoms with Gasteiger partial charge in [-0.05, 0) is 43.2 Å². The van der Waals surface area contributed by atoms with Crippen molar-refractivity contribution >= 4 is 44.1 Å². The van der Waals surface area contributed by atoms with E-state index < -0.39 is 56.8 Å². The van der Waals surface area contributed by atoms with E-state index in [-0.39, 0.29) is 24.1 Å². The Hall–Kier alpha value is -3.94. The quantitative estimate of drug-likeness (QED) is 0.322. The molecule has 0 fully saturated rings. The Morgan fingerprint density at radius 3 is 2.61 bits per heavy atom. The molecule has 4 N–H and O–H groups in total. The Morgan fingerprint density at radius 2 is 1.92 bits per heavy atom. The summed E-state index contributed by atoms with van der Waals surface area (Å²) in [7, 11) is -4.05. The summed E-state index contributed by atoms with van der Waals surface area (Å²) in [6.07, 6.45) is -3.89. The monoisotopic (exact) mass is 553 g/mol. The number of nitrogens with one attached hydrogen (secondary N) is 4. The fraction of sp³-hybridized carbons (Fsp3) is 0.292. The zero-order valence-electron chi connectivity index (χ0n) is 20.2. The Balaban J connectivity index is 1.67. The van der Waals surface area contributed by atoms with Crippen LogP contribution in [-0.2, 0) is 25.8 Å². The molecule has 1 aliphatic rings. The predicted molar refractivity (Wildman–Crippen MR) is 132 cm³/mol. The number of hydrogen-bond acceptors (Lipinski definition) is 5. The number of aromatic amines is 1. The van der Waals surface area contributed by atoms with Gasteiger partial charge in [0.2, 0.25) is 21.8 Å². The minimum atomic E-state index is -4.84. The first-order valence-electron chi connectivity index (χ1n) is 11.4. The highest BCUT2D eigenvalue weighted by Crippen LogP contribution is 2.41. The number of benzene rings is 2. The number of allylic oxidation sites excluding steroid dienone is 1. The van der Waals surface area contributed by atoms with Crippen LogP contribution in [0.3, 0.4) is 0 Å². The van der Waals surface area contributed by atoms with Crippen LogP contribution in [0, 0.1) is 5.82 Å². The summed E-state index contributed by atoms with van der Waals surface area (Å²) in [6, 6.07) is 5.48. The SMILES string of the molecule is CCS(=O)(=O)Nc1cc(C2CC(=O)NC(C)=C2CC(=O)Nc2cc3cn[nH]c3cc2F)ccc1C(F)(F)F. The molecular formula is C24H23F4N5O4S. The zero-order valence-corrected chi connectivity index (χ0v) is 21.0. The van der Waals surface area contributed by atoms with E-state index in [0.717, 1.165) is 18.2 Å². The Kier molecular flexibility index (Phi) is 7.19. The normalized spacial score (nSPS) is 16.5. The molecule has 0 spiro atoms. The summed E-state index contributed by atoms with van der Waals surface area (Å²) in [5, 5.41) is 12.1.